The molecule has 1 atom stereocenters. The zero-order chi connectivity index (χ0) is 12.1. The first-order valence-corrected chi connectivity index (χ1v) is 6.01. The van der Waals surface area contributed by atoms with E-state index in [1.54, 1.807) is 0 Å². The summed E-state index contributed by atoms with van der Waals surface area (Å²) in [5, 5.41) is 3.40. The predicted octanol–water partition coefficient (Wildman–Crippen LogP) is 3.58. The maximum atomic E-state index is 13.4. The molecule has 1 aromatic carbocycles. The fraction of sp³-hybridized carbons (Fsp3) is 0.571. The summed E-state index contributed by atoms with van der Waals surface area (Å²) in [4.78, 5) is 0. The lowest BCUT2D eigenvalue weighted by Crippen LogP contribution is -2.20. The molecule has 2 heteroatoms. The minimum absolute atomic E-state index is 0.0781. The van der Waals surface area contributed by atoms with Crippen molar-refractivity contribution in [3.05, 3.63) is 34.6 Å². The summed E-state index contributed by atoms with van der Waals surface area (Å²) in [5.74, 6) is 0.619. The maximum Gasteiger partial charge on any atom is 0.129 e. The molecule has 0 aliphatic carbocycles. The summed E-state index contributed by atoms with van der Waals surface area (Å²) in [6, 6.07) is 3.85. The van der Waals surface area contributed by atoms with Crippen LogP contribution in [0, 0.1) is 25.6 Å². The first-order chi connectivity index (χ1) is 7.54. The molecule has 0 saturated carbocycles. The van der Waals surface area contributed by atoms with E-state index >= 15 is 0 Å². The van der Waals surface area contributed by atoms with Crippen LogP contribution in [-0.4, -0.2) is 6.54 Å². The van der Waals surface area contributed by atoms with E-state index in [1.807, 2.05) is 26.0 Å². The average molecular weight is 223 g/mol. The van der Waals surface area contributed by atoms with Gasteiger partial charge in [-0.3, -0.25) is 0 Å². The first-order valence-electron chi connectivity index (χ1n) is 6.01. The lowest BCUT2D eigenvalue weighted by Gasteiger charge is -2.11. The monoisotopic (exact) mass is 223 g/mol. The van der Waals surface area contributed by atoms with Crippen LogP contribution in [0.4, 0.5) is 4.39 Å². The second-order valence-electron chi connectivity index (χ2n) is 4.69. The van der Waals surface area contributed by atoms with Crippen LogP contribution in [0.2, 0.25) is 0 Å². The van der Waals surface area contributed by atoms with Gasteiger partial charge in [0.1, 0.15) is 5.82 Å². The molecule has 0 bridgehead atoms. The fourth-order valence-electron chi connectivity index (χ4n) is 1.74. The van der Waals surface area contributed by atoms with Gasteiger partial charge in [-0.2, -0.15) is 0 Å². The SMILES string of the molecule is CCC(C)CNCc1cc(C)c(F)c(C)c1. The van der Waals surface area contributed by atoms with Gasteiger partial charge in [0.2, 0.25) is 0 Å². The molecule has 0 aliphatic rings. The Kier molecular flexibility index (Phi) is 4.94. The van der Waals surface area contributed by atoms with Crippen LogP contribution >= 0.6 is 0 Å². The van der Waals surface area contributed by atoms with Crippen molar-refractivity contribution in [3.63, 3.8) is 0 Å². The van der Waals surface area contributed by atoms with Crippen LogP contribution in [-0.2, 0) is 6.54 Å². The van der Waals surface area contributed by atoms with E-state index in [4.69, 9.17) is 0 Å². The van der Waals surface area contributed by atoms with Crippen LogP contribution < -0.4 is 5.32 Å². The fourth-order valence-corrected chi connectivity index (χ4v) is 1.74. The lowest BCUT2D eigenvalue weighted by molar-refractivity contribution is 0.499. The van der Waals surface area contributed by atoms with Crippen molar-refractivity contribution < 1.29 is 4.39 Å². The van der Waals surface area contributed by atoms with Crippen LogP contribution in [0.25, 0.3) is 0 Å². The van der Waals surface area contributed by atoms with Gasteiger partial charge in [0.15, 0.2) is 0 Å². The average Bonchev–Trinajstić information content (AvgIpc) is 2.25. The van der Waals surface area contributed by atoms with E-state index in [2.05, 4.69) is 19.2 Å². The van der Waals surface area contributed by atoms with Crippen molar-refractivity contribution in [1.82, 2.24) is 5.32 Å². The smallest absolute Gasteiger partial charge is 0.129 e. The van der Waals surface area contributed by atoms with Crippen molar-refractivity contribution in [1.29, 1.82) is 0 Å². The third kappa shape index (κ3) is 3.60. The van der Waals surface area contributed by atoms with E-state index < -0.39 is 0 Å². The third-order valence-corrected chi connectivity index (χ3v) is 3.02. The van der Waals surface area contributed by atoms with E-state index in [9.17, 15) is 4.39 Å². The molecule has 0 radical (unpaired) electrons. The molecule has 0 saturated heterocycles. The Balaban J connectivity index is 2.55. The topological polar surface area (TPSA) is 12.0 Å². The maximum absolute atomic E-state index is 13.4. The molecule has 0 heterocycles. The quantitative estimate of drug-likeness (QED) is 0.804. The van der Waals surface area contributed by atoms with E-state index in [1.165, 1.54) is 12.0 Å². The Labute approximate surface area is 98.1 Å². The molecule has 1 aromatic rings. The molecule has 0 fully saturated rings. The van der Waals surface area contributed by atoms with Crippen LogP contribution in [0.3, 0.4) is 0 Å². The van der Waals surface area contributed by atoms with Gasteiger partial charge in [-0.15, -0.1) is 0 Å². The van der Waals surface area contributed by atoms with E-state index in [0.717, 1.165) is 24.2 Å². The number of rotatable bonds is 5. The summed E-state index contributed by atoms with van der Waals surface area (Å²) in [6.45, 7) is 9.91. The zero-order valence-electron chi connectivity index (χ0n) is 10.7. The molecular weight excluding hydrogens is 201 g/mol. The highest BCUT2D eigenvalue weighted by Gasteiger charge is 2.04. The predicted molar refractivity (Wildman–Crippen MR) is 67.0 cm³/mol. The third-order valence-electron chi connectivity index (χ3n) is 3.02. The Morgan fingerprint density at radius 3 is 2.31 bits per heavy atom. The van der Waals surface area contributed by atoms with Gasteiger partial charge in [0.05, 0.1) is 0 Å². The standard InChI is InChI=1S/C14H22FN/c1-5-10(2)8-16-9-13-6-11(3)14(15)12(4)7-13/h6-7,10,16H,5,8-9H2,1-4H3. The molecule has 0 amide bonds. The highest BCUT2D eigenvalue weighted by Crippen LogP contribution is 2.14. The molecule has 1 nitrogen and oxygen atoms in total. The second-order valence-corrected chi connectivity index (χ2v) is 4.69. The minimum Gasteiger partial charge on any atom is -0.312 e. The highest BCUT2D eigenvalue weighted by atomic mass is 19.1. The Bertz CT molecular complexity index is 324. The number of nitrogens with one attached hydrogen (secondary N) is 1. The van der Waals surface area contributed by atoms with Crippen molar-refractivity contribution >= 4 is 0 Å². The van der Waals surface area contributed by atoms with Gasteiger partial charge in [0, 0.05) is 6.54 Å². The van der Waals surface area contributed by atoms with Crippen molar-refractivity contribution in [2.75, 3.05) is 6.54 Å². The van der Waals surface area contributed by atoms with Crippen LogP contribution in [0.15, 0.2) is 12.1 Å². The molecule has 1 rings (SSSR count). The molecule has 0 aliphatic heterocycles. The first kappa shape index (κ1) is 13.2. The highest BCUT2D eigenvalue weighted by molar-refractivity contribution is 5.30. The van der Waals surface area contributed by atoms with Crippen molar-refractivity contribution in [3.8, 4) is 0 Å². The van der Waals surface area contributed by atoms with Gasteiger partial charge in [-0.05, 0) is 43.0 Å². The van der Waals surface area contributed by atoms with Gasteiger partial charge >= 0.3 is 0 Å². The minimum atomic E-state index is -0.0781. The largest absolute Gasteiger partial charge is 0.312 e. The number of benzene rings is 1. The van der Waals surface area contributed by atoms with Crippen molar-refractivity contribution in [2.45, 2.75) is 40.7 Å². The Morgan fingerprint density at radius 1 is 1.25 bits per heavy atom. The molecule has 0 aromatic heterocycles. The number of hydrogen-bond acceptors (Lipinski definition) is 1. The Morgan fingerprint density at radius 2 is 1.81 bits per heavy atom. The summed E-state index contributed by atoms with van der Waals surface area (Å²) in [7, 11) is 0. The van der Waals surface area contributed by atoms with Gasteiger partial charge < -0.3 is 5.32 Å². The summed E-state index contributed by atoms with van der Waals surface area (Å²) < 4.78 is 13.4. The molecular formula is C14H22FN. The molecule has 1 N–H and O–H groups in total. The molecule has 1 unspecified atom stereocenters. The second kappa shape index (κ2) is 6.00. The Hall–Kier alpha value is -0.890. The lowest BCUT2D eigenvalue weighted by atomic mass is 10.1. The normalized spacial score (nSPS) is 12.8. The van der Waals surface area contributed by atoms with Crippen LogP contribution in [0.1, 0.15) is 37.0 Å². The number of halogens is 1. The van der Waals surface area contributed by atoms with Crippen LogP contribution in [0.5, 0.6) is 0 Å². The van der Waals surface area contributed by atoms with Gasteiger partial charge in [-0.1, -0.05) is 32.4 Å². The van der Waals surface area contributed by atoms with E-state index in [-0.39, 0.29) is 5.82 Å². The van der Waals surface area contributed by atoms with Gasteiger partial charge in [0.25, 0.3) is 0 Å². The van der Waals surface area contributed by atoms with E-state index in [0.29, 0.717) is 5.92 Å². The molecule has 0 spiro atoms. The van der Waals surface area contributed by atoms with Gasteiger partial charge in [-0.25, -0.2) is 4.39 Å². The van der Waals surface area contributed by atoms with Crippen molar-refractivity contribution in [2.24, 2.45) is 5.92 Å². The summed E-state index contributed by atoms with van der Waals surface area (Å²) in [6.07, 6.45) is 1.19. The number of aryl methyl sites for hydroxylation is 2. The molecule has 90 valence electrons. The summed E-state index contributed by atoms with van der Waals surface area (Å²) in [5.41, 5.74) is 2.64. The zero-order valence-corrected chi connectivity index (χ0v) is 10.7. The molecule has 16 heavy (non-hydrogen) atoms. The summed E-state index contributed by atoms with van der Waals surface area (Å²) >= 11 is 0. The number of hydrogen-bond donors (Lipinski definition) is 1.